The van der Waals surface area contributed by atoms with Crippen molar-refractivity contribution in [2.24, 2.45) is 16.5 Å². The number of aliphatic hydroxyl groups is 1. The normalized spacial score (nSPS) is 14.3. The van der Waals surface area contributed by atoms with E-state index in [-0.39, 0.29) is 17.2 Å². The Balaban J connectivity index is 0.000000651. The molecule has 8 nitrogen and oxygen atoms in total. The van der Waals surface area contributed by atoms with Crippen LogP contribution >= 0.6 is 0 Å². The van der Waals surface area contributed by atoms with Crippen molar-refractivity contribution >= 4 is 26.6 Å². The average molecular weight is 695 g/mol. The smallest absolute Gasteiger partial charge is 0.392 e. The van der Waals surface area contributed by atoms with Gasteiger partial charge >= 0.3 is 6.18 Å². The lowest BCUT2D eigenvalue weighted by Gasteiger charge is -2.25. The van der Waals surface area contributed by atoms with Gasteiger partial charge in [-0.3, -0.25) is 0 Å². The Morgan fingerprint density at radius 2 is 1.71 bits per heavy atom. The maximum absolute atomic E-state index is 15.4. The van der Waals surface area contributed by atoms with E-state index in [9.17, 15) is 21.6 Å². The minimum absolute atomic E-state index is 0.0584. The van der Waals surface area contributed by atoms with E-state index < -0.39 is 40.0 Å². The van der Waals surface area contributed by atoms with Gasteiger partial charge in [-0.05, 0) is 41.1 Å². The molecule has 13 heteroatoms. The number of nitrogens with one attached hydrogen (secondary N) is 1. The molecule has 6 N–H and O–H groups in total. The number of benzene rings is 3. The minimum Gasteiger partial charge on any atom is -0.456 e. The molecule has 0 amide bonds. The van der Waals surface area contributed by atoms with Gasteiger partial charge in [-0.2, -0.15) is 13.2 Å². The zero-order chi connectivity index (χ0) is 36.9. The van der Waals surface area contributed by atoms with Crippen molar-refractivity contribution in [1.82, 2.24) is 4.72 Å². The summed E-state index contributed by atoms with van der Waals surface area (Å²) in [5.41, 5.74) is 13.3. The predicted octanol–water partition coefficient (Wildman–Crippen LogP) is 7.92. The number of alkyl halides is 3. The quantitative estimate of drug-likeness (QED) is 0.140. The molecule has 1 aliphatic rings. The number of aliphatic imine (C=N–C) groups is 1. The molecule has 1 heterocycles. The second kappa shape index (κ2) is 18.5. The molecule has 3 aromatic rings. The molecule has 0 aromatic heterocycles. The van der Waals surface area contributed by atoms with Gasteiger partial charge in [0.05, 0.1) is 11.3 Å². The van der Waals surface area contributed by atoms with Crippen LogP contribution in [0.25, 0.3) is 10.8 Å². The van der Waals surface area contributed by atoms with Crippen molar-refractivity contribution < 1.29 is 35.8 Å². The first-order valence-electron chi connectivity index (χ1n) is 15.1. The second-order valence-corrected chi connectivity index (χ2v) is 12.6. The van der Waals surface area contributed by atoms with E-state index in [0.29, 0.717) is 39.0 Å². The van der Waals surface area contributed by atoms with Crippen LogP contribution < -0.4 is 20.9 Å². The molecule has 0 aliphatic carbocycles. The van der Waals surface area contributed by atoms with Gasteiger partial charge in [0.1, 0.15) is 29.3 Å². The van der Waals surface area contributed by atoms with Crippen molar-refractivity contribution in [1.29, 1.82) is 0 Å². The summed E-state index contributed by atoms with van der Waals surface area (Å²) in [7, 11) is -2.69. The lowest BCUT2D eigenvalue weighted by molar-refractivity contribution is -0.125. The number of aliphatic hydroxyl groups excluding tert-OH is 1. The average Bonchev–Trinajstić information content (AvgIpc) is 3.29. The largest absolute Gasteiger partial charge is 0.456 e. The van der Waals surface area contributed by atoms with E-state index in [1.807, 2.05) is 34.6 Å². The highest BCUT2D eigenvalue weighted by Crippen LogP contribution is 2.43. The Hall–Kier alpha value is -4.04. The lowest BCUT2D eigenvalue weighted by Crippen LogP contribution is -2.23. The standard InChI is InChI=1S/C24H27FN4O3S.C8H9F3.C2H6.CH4O/c1-5-28-33(30,31)15-8-6-7-14(11-15)32-21-16-12-18-17(22(26)29-23(18)27)9-13(16)10-19(25)20(21)24(2,3)4;1-2-3-4-5-6-7-8(9,10)11;2*1-2/h6-12,22,28H,5,26H2,1-4H3,(H2,27,29);2-6H,1,7H2;1-2H3;2H,1H3/b;4-3-,6-5+;;. The lowest BCUT2D eigenvalue weighted by atomic mass is 9.83. The van der Waals surface area contributed by atoms with Crippen molar-refractivity contribution in [2.45, 2.75) is 70.6 Å². The minimum atomic E-state index is -4.10. The summed E-state index contributed by atoms with van der Waals surface area (Å²) in [6.07, 6.45) is 1.37. The van der Waals surface area contributed by atoms with Gasteiger partial charge in [0.2, 0.25) is 10.0 Å². The van der Waals surface area contributed by atoms with Crippen LogP contribution in [0.5, 0.6) is 11.5 Å². The van der Waals surface area contributed by atoms with Crippen LogP contribution in [0.2, 0.25) is 0 Å². The number of hydrogen-bond acceptors (Lipinski definition) is 7. The molecule has 3 aromatic carbocycles. The Kier molecular flexibility index (Phi) is 16.2. The second-order valence-electron chi connectivity index (χ2n) is 10.9. The van der Waals surface area contributed by atoms with Gasteiger partial charge in [-0.1, -0.05) is 84.6 Å². The third-order valence-corrected chi connectivity index (χ3v) is 7.89. The highest BCUT2D eigenvalue weighted by Gasteiger charge is 2.29. The van der Waals surface area contributed by atoms with Crippen molar-refractivity contribution in [3.8, 4) is 11.5 Å². The van der Waals surface area contributed by atoms with E-state index in [0.717, 1.165) is 13.2 Å². The van der Waals surface area contributed by atoms with Crippen molar-refractivity contribution in [3.63, 3.8) is 0 Å². The number of fused-ring (bicyclic) bond motifs is 2. The number of ether oxygens (including phenoxy) is 1. The summed E-state index contributed by atoms with van der Waals surface area (Å²) in [6, 6.07) is 11.1. The maximum Gasteiger partial charge on any atom is 0.392 e. The summed E-state index contributed by atoms with van der Waals surface area (Å²) in [6.45, 7) is 15.0. The Morgan fingerprint density at radius 3 is 2.27 bits per heavy atom. The number of rotatable bonds is 8. The van der Waals surface area contributed by atoms with Gasteiger partial charge in [-0.15, -0.1) is 0 Å². The molecule has 1 atom stereocenters. The number of sulfonamides is 1. The molecular weight excluding hydrogens is 648 g/mol. The fraction of sp³-hybridized carbons (Fsp3) is 0.343. The Bertz CT molecular complexity index is 1730. The summed E-state index contributed by atoms with van der Waals surface area (Å²) < 4.78 is 83.4. The first-order valence-corrected chi connectivity index (χ1v) is 16.6. The molecule has 0 radical (unpaired) electrons. The highest BCUT2D eigenvalue weighted by molar-refractivity contribution is 7.89. The number of allylic oxidation sites excluding steroid dienone is 5. The van der Waals surface area contributed by atoms with Gasteiger partial charge in [0.15, 0.2) is 0 Å². The summed E-state index contributed by atoms with van der Waals surface area (Å²) in [5, 5.41) is 8.22. The van der Waals surface area contributed by atoms with Crippen LogP contribution in [0, 0.1) is 5.82 Å². The predicted molar refractivity (Wildman–Crippen MR) is 186 cm³/mol. The zero-order valence-electron chi connectivity index (χ0n) is 28.3. The van der Waals surface area contributed by atoms with Gasteiger partial charge in [0, 0.05) is 41.8 Å². The molecule has 0 saturated heterocycles. The third kappa shape index (κ3) is 11.6. The fourth-order valence-corrected chi connectivity index (χ4v) is 5.56. The highest BCUT2D eigenvalue weighted by atomic mass is 32.2. The Labute approximate surface area is 281 Å². The van der Waals surface area contributed by atoms with Crippen LogP contribution in [0.1, 0.15) is 70.8 Å². The van der Waals surface area contributed by atoms with Crippen molar-refractivity contribution in [2.75, 3.05) is 13.7 Å². The number of nitrogens with zero attached hydrogens (tertiary/aromatic N) is 1. The number of hydrogen-bond donors (Lipinski definition) is 4. The van der Waals surface area contributed by atoms with E-state index in [1.54, 1.807) is 37.3 Å². The van der Waals surface area contributed by atoms with Crippen LogP contribution in [0.4, 0.5) is 17.6 Å². The van der Waals surface area contributed by atoms with E-state index in [2.05, 4.69) is 16.3 Å². The van der Waals surface area contributed by atoms with E-state index >= 15 is 4.39 Å². The topological polar surface area (TPSA) is 140 Å². The van der Waals surface area contributed by atoms with Crippen LogP contribution in [-0.4, -0.2) is 39.2 Å². The third-order valence-electron chi connectivity index (χ3n) is 6.35. The monoisotopic (exact) mass is 694 g/mol. The molecule has 0 bridgehead atoms. The first-order chi connectivity index (χ1) is 22.5. The van der Waals surface area contributed by atoms with Crippen LogP contribution in [0.3, 0.4) is 0 Å². The molecule has 0 fully saturated rings. The Morgan fingerprint density at radius 1 is 1.06 bits per heavy atom. The summed E-state index contributed by atoms with van der Waals surface area (Å²) in [5.74, 6) is 0.448. The molecule has 1 unspecified atom stereocenters. The molecule has 264 valence electrons. The summed E-state index contributed by atoms with van der Waals surface area (Å²) in [4.78, 5) is 4.27. The van der Waals surface area contributed by atoms with E-state index in [4.69, 9.17) is 21.3 Å². The molecule has 0 spiro atoms. The molecule has 4 rings (SSSR count). The van der Waals surface area contributed by atoms with Gasteiger partial charge in [-0.25, -0.2) is 22.5 Å². The van der Waals surface area contributed by atoms with Crippen LogP contribution in [-0.2, 0) is 15.4 Å². The van der Waals surface area contributed by atoms with Crippen molar-refractivity contribution in [3.05, 3.63) is 102 Å². The zero-order valence-corrected chi connectivity index (χ0v) is 29.1. The number of amidine groups is 1. The van der Waals surface area contributed by atoms with Gasteiger partial charge in [0.25, 0.3) is 0 Å². The number of halogens is 4. The SMILES string of the molecule is C=C/C=C\C=C\CC(F)(F)F.CC.CCNS(=O)(=O)c1cccc(Oc2c(C(C)(C)C)c(F)cc3cc4c(cc23)C(N)=NC4N)c1.CO. The maximum atomic E-state index is 15.4. The first kappa shape index (κ1) is 42.0. The summed E-state index contributed by atoms with van der Waals surface area (Å²) >= 11 is 0. The molecule has 0 saturated carbocycles. The number of nitrogens with two attached hydrogens (primary N) is 2. The van der Waals surface area contributed by atoms with E-state index in [1.165, 1.54) is 36.4 Å². The molecule has 1 aliphatic heterocycles. The molecule has 48 heavy (non-hydrogen) atoms. The van der Waals surface area contributed by atoms with Gasteiger partial charge < -0.3 is 21.3 Å². The molecular formula is C35H46F4N4O4S. The van der Waals surface area contributed by atoms with Crippen LogP contribution in [0.15, 0.2) is 89.3 Å². The fourth-order valence-electron chi connectivity index (χ4n) is 4.48.